The predicted octanol–water partition coefficient (Wildman–Crippen LogP) is 2.80. The SMILES string of the molecule is COP(C)(=O)Oc1ccc2c(c1)SNC=N2. The molecule has 16 heavy (non-hydrogen) atoms. The van der Waals surface area contributed by atoms with Gasteiger partial charge in [0, 0.05) is 13.8 Å². The van der Waals surface area contributed by atoms with Crippen LogP contribution in [0.2, 0.25) is 0 Å². The Hall–Kier alpha value is -0.970. The Balaban J connectivity index is 2.25. The molecule has 0 bridgehead atoms. The molecule has 0 aliphatic carbocycles. The maximum atomic E-state index is 11.6. The first kappa shape index (κ1) is 11.5. The molecule has 1 N–H and O–H groups in total. The van der Waals surface area contributed by atoms with E-state index in [0.29, 0.717) is 5.75 Å². The summed E-state index contributed by atoms with van der Waals surface area (Å²) in [7, 11) is -1.64. The number of hydrogen-bond acceptors (Lipinski definition) is 6. The fraction of sp³-hybridized carbons (Fsp3) is 0.222. The van der Waals surface area contributed by atoms with E-state index in [9.17, 15) is 4.57 Å². The summed E-state index contributed by atoms with van der Waals surface area (Å²) in [5.74, 6) is 0.512. The van der Waals surface area contributed by atoms with Crippen molar-refractivity contribution in [2.45, 2.75) is 4.90 Å². The molecule has 1 aromatic rings. The van der Waals surface area contributed by atoms with Gasteiger partial charge in [0.25, 0.3) is 0 Å². The lowest BCUT2D eigenvalue weighted by atomic mass is 10.3. The lowest BCUT2D eigenvalue weighted by molar-refractivity contribution is 0.328. The number of rotatable bonds is 3. The van der Waals surface area contributed by atoms with Gasteiger partial charge in [0.15, 0.2) is 0 Å². The smallest absolute Gasteiger partial charge is 0.375 e. The Labute approximate surface area is 97.9 Å². The van der Waals surface area contributed by atoms with Gasteiger partial charge >= 0.3 is 7.60 Å². The van der Waals surface area contributed by atoms with E-state index in [1.807, 2.05) is 6.07 Å². The summed E-state index contributed by atoms with van der Waals surface area (Å²) in [5, 5.41) is 0. The first-order valence-corrected chi connectivity index (χ1v) is 7.33. The van der Waals surface area contributed by atoms with Gasteiger partial charge in [-0.1, -0.05) is 0 Å². The van der Waals surface area contributed by atoms with Crippen LogP contribution in [0.5, 0.6) is 5.75 Å². The summed E-state index contributed by atoms with van der Waals surface area (Å²) in [4.78, 5) is 5.06. The van der Waals surface area contributed by atoms with Crippen molar-refractivity contribution in [3.63, 3.8) is 0 Å². The molecule has 86 valence electrons. The molecule has 0 saturated heterocycles. The maximum absolute atomic E-state index is 11.6. The fourth-order valence-electron chi connectivity index (χ4n) is 1.15. The Morgan fingerprint density at radius 2 is 2.31 bits per heavy atom. The summed E-state index contributed by atoms with van der Waals surface area (Å²) in [6.45, 7) is 1.43. The van der Waals surface area contributed by atoms with Crippen molar-refractivity contribution in [2.24, 2.45) is 4.99 Å². The van der Waals surface area contributed by atoms with Crippen LogP contribution < -0.4 is 9.25 Å². The molecule has 1 aliphatic heterocycles. The van der Waals surface area contributed by atoms with Crippen molar-refractivity contribution in [1.82, 2.24) is 4.72 Å². The first-order chi connectivity index (χ1) is 7.61. The number of nitrogens with zero attached hydrogens (tertiary/aromatic N) is 1. The van der Waals surface area contributed by atoms with Crippen LogP contribution in [0.25, 0.3) is 0 Å². The second-order valence-corrected chi connectivity index (χ2v) is 6.12. The third-order valence-electron chi connectivity index (χ3n) is 1.96. The number of fused-ring (bicyclic) bond motifs is 1. The van der Waals surface area contributed by atoms with Crippen molar-refractivity contribution in [3.8, 4) is 5.75 Å². The summed E-state index contributed by atoms with van der Waals surface area (Å²) in [6.07, 6.45) is 1.62. The Bertz CT molecular complexity index is 478. The van der Waals surface area contributed by atoms with E-state index < -0.39 is 7.60 Å². The molecule has 0 amide bonds. The average Bonchev–Trinajstić information content (AvgIpc) is 2.28. The minimum absolute atomic E-state index is 0.512. The molecule has 0 fully saturated rings. The van der Waals surface area contributed by atoms with Crippen molar-refractivity contribution in [2.75, 3.05) is 13.8 Å². The van der Waals surface area contributed by atoms with Gasteiger partial charge in [-0.3, -0.25) is 0 Å². The van der Waals surface area contributed by atoms with E-state index in [0.717, 1.165) is 10.6 Å². The molecule has 0 spiro atoms. The molecule has 2 rings (SSSR count). The van der Waals surface area contributed by atoms with Crippen molar-refractivity contribution >= 4 is 31.6 Å². The molecule has 1 atom stereocenters. The highest BCUT2D eigenvalue weighted by Crippen LogP contribution is 2.45. The normalized spacial score (nSPS) is 17.1. The summed E-state index contributed by atoms with van der Waals surface area (Å²) < 4.78 is 24.6. The standard InChI is InChI=1S/C9H11N2O3PS/c1-13-15(2,12)14-7-3-4-8-9(5-7)16-11-6-10-8/h3-6H,1-2H3,(H,10,11). The second kappa shape index (κ2) is 4.49. The van der Waals surface area contributed by atoms with Crippen LogP contribution >= 0.6 is 19.5 Å². The van der Waals surface area contributed by atoms with Gasteiger partial charge in [0.2, 0.25) is 0 Å². The first-order valence-electron chi connectivity index (χ1n) is 4.52. The molecule has 0 saturated carbocycles. The minimum atomic E-state index is -3.00. The topological polar surface area (TPSA) is 59.9 Å². The van der Waals surface area contributed by atoms with Gasteiger partial charge in [-0.2, -0.15) is 0 Å². The molecule has 1 aliphatic rings. The second-order valence-electron chi connectivity index (χ2n) is 3.15. The molecule has 1 heterocycles. The van der Waals surface area contributed by atoms with Crippen molar-refractivity contribution < 1.29 is 13.6 Å². The van der Waals surface area contributed by atoms with Gasteiger partial charge in [-0.25, -0.2) is 9.56 Å². The highest BCUT2D eigenvalue weighted by molar-refractivity contribution is 7.98. The van der Waals surface area contributed by atoms with Gasteiger partial charge in [-0.05, 0) is 30.1 Å². The molecule has 5 nitrogen and oxygen atoms in total. The molecule has 0 aromatic heterocycles. The van der Waals surface area contributed by atoms with Crippen LogP contribution in [0.1, 0.15) is 0 Å². The van der Waals surface area contributed by atoms with E-state index in [1.54, 1.807) is 18.5 Å². The van der Waals surface area contributed by atoms with Gasteiger partial charge in [-0.15, -0.1) is 0 Å². The van der Waals surface area contributed by atoms with Crippen LogP contribution in [0, 0.1) is 0 Å². The summed E-state index contributed by atoms with van der Waals surface area (Å²) in [6, 6.07) is 5.31. The zero-order valence-corrected chi connectivity index (χ0v) is 10.5. The highest BCUT2D eigenvalue weighted by atomic mass is 32.2. The third-order valence-corrected chi connectivity index (χ3v) is 3.94. The molecule has 0 radical (unpaired) electrons. The quantitative estimate of drug-likeness (QED) is 0.667. The van der Waals surface area contributed by atoms with Crippen LogP contribution in [0.4, 0.5) is 5.69 Å². The monoisotopic (exact) mass is 258 g/mol. The molecule has 7 heteroatoms. The lowest BCUT2D eigenvalue weighted by Crippen LogP contribution is -2.02. The number of nitrogens with one attached hydrogen (secondary N) is 1. The number of hydrogen-bond donors (Lipinski definition) is 1. The van der Waals surface area contributed by atoms with Crippen molar-refractivity contribution in [1.29, 1.82) is 0 Å². The maximum Gasteiger partial charge on any atom is 0.375 e. The van der Waals surface area contributed by atoms with Crippen LogP contribution in [-0.2, 0) is 9.09 Å². The zero-order chi connectivity index (χ0) is 11.6. The molecular weight excluding hydrogens is 247 g/mol. The molecule has 1 unspecified atom stereocenters. The fourth-order valence-corrected chi connectivity index (χ4v) is 2.36. The summed E-state index contributed by atoms with van der Waals surface area (Å²) >= 11 is 1.43. The molecule has 1 aromatic carbocycles. The van der Waals surface area contributed by atoms with Crippen molar-refractivity contribution in [3.05, 3.63) is 18.2 Å². The number of aliphatic imine (C=N–C) groups is 1. The summed E-state index contributed by atoms with van der Waals surface area (Å²) in [5.41, 5.74) is 0.861. The average molecular weight is 258 g/mol. The lowest BCUT2D eigenvalue weighted by Gasteiger charge is -2.15. The van der Waals surface area contributed by atoms with E-state index in [-0.39, 0.29) is 0 Å². The zero-order valence-electron chi connectivity index (χ0n) is 8.84. The predicted molar refractivity (Wildman–Crippen MR) is 64.8 cm³/mol. The van der Waals surface area contributed by atoms with Crippen LogP contribution in [0.15, 0.2) is 28.1 Å². The van der Waals surface area contributed by atoms with Crippen LogP contribution in [-0.4, -0.2) is 20.1 Å². The van der Waals surface area contributed by atoms with Gasteiger partial charge < -0.3 is 13.8 Å². The van der Waals surface area contributed by atoms with Gasteiger partial charge in [0.1, 0.15) is 5.75 Å². The number of benzene rings is 1. The molecular formula is C9H11N2O3PS. The van der Waals surface area contributed by atoms with E-state index in [4.69, 9.17) is 9.05 Å². The largest absolute Gasteiger partial charge is 0.424 e. The van der Waals surface area contributed by atoms with E-state index in [2.05, 4.69) is 9.71 Å². The van der Waals surface area contributed by atoms with Gasteiger partial charge in [0.05, 0.1) is 16.9 Å². The highest BCUT2D eigenvalue weighted by Gasteiger charge is 2.17. The van der Waals surface area contributed by atoms with E-state index >= 15 is 0 Å². The van der Waals surface area contributed by atoms with Crippen LogP contribution in [0.3, 0.4) is 0 Å². The Morgan fingerprint density at radius 3 is 3.06 bits per heavy atom. The Morgan fingerprint density at radius 1 is 1.50 bits per heavy atom. The minimum Gasteiger partial charge on any atom is -0.424 e. The third kappa shape index (κ3) is 2.58. The Kier molecular flexibility index (Phi) is 3.23. The van der Waals surface area contributed by atoms with E-state index in [1.165, 1.54) is 25.7 Å².